The van der Waals surface area contributed by atoms with E-state index >= 15 is 0 Å². The van der Waals surface area contributed by atoms with Gasteiger partial charge in [0.05, 0.1) is 24.4 Å². The van der Waals surface area contributed by atoms with Gasteiger partial charge in [-0.15, -0.1) is 11.8 Å². The van der Waals surface area contributed by atoms with E-state index in [1.165, 1.54) is 16.7 Å². The van der Waals surface area contributed by atoms with Crippen molar-refractivity contribution >= 4 is 23.6 Å². The molecule has 0 saturated carbocycles. The smallest absolute Gasteiger partial charge is 0.334 e. The summed E-state index contributed by atoms with van der Waals surface area (Å²) in [4.78, 5) is 33.7. The first-order valence-corrected chi connectivity index (χ1v) is 7.69. The largest absolute Gasteiger partial charge is 0.479 e. The predicted octanol–water partition coefficient (Wildman–Crippen LogP) is 0.741. The van der Waals surface area contributed by atoms with Crippen LogP contribution < -0.4 is 0 Å². The molecule has 1 N–H and O–H groups in total. The monoisotopic (exact) mass is 311 g/mol. The van der Waals surface area contributed by atoms with Gasteiger partial charge >= 0.3 is 5.97 Å². The summed E-state index contributed by atoms with van der Waals surface area (Å²) in [5.74, 6) is -0.695. The van der Waals surface area contributed by atoms with E-state index in [-0.39, 0.29) is 19.1 Å². The summed E-state index contributed by atoms with van der Waals surface area (Å²) in [6, 6.07) is 0. The molecular weight excluding hydrogens is 294 g/mol. The van der Waals surface area contributed by atoms with Crippen LogP contribution in [0.4, 0.5) is 0 Å². The fourth-order valence-electron chi connectivity index (χ4n) is 2.22. The van der Waals surface area contributed by atoms with Gasteiger partial charge in [0, 0.05) is 6.54 Å². The SMILES string of the molecule is CSc1nc(C)nc(C)c1C(=O)N1CCOC(C(=O)O)C1. The van der Waals surface area contributed by atoms with Gasteiger partial charge in [-0.25, -0.2) is 14.8 Å². The maximum Gasteiger partial charge on any atom is 0.334 e. The Bertz CT molecular complexity index is 579. The van der Waals surface area contributed by atoms with Gasteiger partial charge in [-0.05, 0) is 20.1 Å². The van der Waals surface area contributed by atoms with E-state index in [1.54, 1.807) is 13.8 Å². The molecule has 7 nitrogen and oxygen atoms in total. The van der Waals surface area contributed by atoms with E-state index in [9.17, 15) is 9.59 Å². The average molecular weight is 311 g/mol. The molecule has 1 atom stereocenters. The average Bonchev–Trinajstić information content (AvgIpc) is 2.45. The van der Waals surface area contributed by atoms with Crippen molar-refractivity contribution in [1.29, 1.82) is 0 Å². The van der Waals surface area contributed by atoms with Crippen LogP contribution in [0.15, 0.2) is 5.03 Å². The molecule has 1 saturated heterocycles. The Balaban J connectivity index is 2.29. The Morgan fingerprint density at radius 1 is 1.38 bits per heavy atom. The molecule has 2 rings (SSSR count). The summed E-state index contributed by atoms with van der Waals surface area (Å²) < 4.78 is 5.13. The number of morpholine rings is 1. The third-order valence-corrected chi connectivity index (χ3v) is 3.89. The van der Waals surface area contributed by atoms with Crippen LogP contribution in [0.5, 0.6) is 0 Å². The summed E-state index contributed by atoms with van der Waals surface area (Å²) in [5.41, 5.74) is 1.05. The molecule has 1 fully saturated rings. The first-order valence-electron chi connectivity index (χ1n) is 6.47. The van der Waals surface area contributed by atoms with Gasteiger partial charge in [0.2, 0.25) is 0 Å². The number of ether oxygens (including phenoxy) is 1. The third kappa shape index (κ3) is 3.33. The summed E-state index contributed by atoms with van der Waals surface area (Å²) in [6.07, 6.45) is 0.865. The van der Waals surface area contributed by atoms with Gasteiger partial charge < -0.3 is 14.7 Å². The number of carboxylic acids is 1. The Morgan fingerprint density at radius 2 is 2.10 bits per heavy atom. The number of rotatable bonds is 3. The highest BCUT2D eigenvalue weighted by molar-refractivity contribution is 7.98. The van der Waals surface area contributed by atoms with Crippen LogP contribution in [0.1, 0.15) is 21.9 Å². The van der Waals surface area contributed by atoms with Gasteiger partial charge in [0.1, 0.15) is 10.9 Å². The minimum Gasteiger partial charge on any atom is -0.479 e. The zero-order valence-electron chi connectivity index (χ0n) is 12.1. The van der Waals surface area contributed by atoms with Crippen molar-refractivity contribution in [2.45, 2.75) is 25.0 Å². The highest BCUT2D eigenvalue weighted by Crippen LogP contribution is 2.23. The summed E-state index contributed by atoms with van der Waals surface area (Å²) >= 11 is 1.38. The van der Waals surface area contributed by atoms with Crippen LogP contribution >= 0.6 is 11.8 Å². The minimum absolute atomic E-state index is 0.0370. The molecular formula is C13H17N3O4S. The normalized spacial score (nSPS) is 18.6. The van der Waals surface area contributed by atoms with Crippen molar-refractivity contribution in [3.05, 3.63) is 17.1 Å². The number of aliphatic carboxylic acids is 1. The molecule has 0 aliphatic carbocycles. The molecule has 2 heterocycles. The van der Waals surface area contributed by atoms with Gasteiger partial charge in [0.15, 0.2) is 6.10 Å². The van der Waals surface area contributed by atoms with E-state index in [0.29, 0.717) is 28.7 Å². The lowest BCUT2D eigenvalue weighted by Gasteiger charge is -2.31. The quantitative estimate of drug-likeness (QED) is 0.650. The van der Waals surface area contributed by atoms with Crippen LogP contribution in [0.2, 0.25) is 0 Å². The number of carbonyl (C=O) groups is 2. The van der Waals surface area contributed by atoms with Gasteiger partial charge in [-0.3, -0.25) is 4.79 Å². The second-order valence-corrected chi connectivity index (χ2v) is 5.48. The Labute approximate surface area is 126 Å². The lowest BCUT2D eigenvalue weighted by atomic mass is 10.2. The zero-order valence-corrected chi connectivity index (χ0v) is 12.9. The molecule has 1 aliphatic rings. The minimum atomic E-state index is -1.06. The van der Waals surface area contributed by atoms with Crippen molar-refractivity contribution in [2.75, 3.05) is 26.0 Å². The van der Waals surface area contributed by atoms with Crippen molar-refractivity contribution < 1.29 is 19.4 Å². The molecule has 0 bridgehead atoms. The fraction of sp³-hybridized carbons (Fsp3) is 0.538. The standard InChI is InChI=1S/C13H17N3O4S/c1-7-10(11(21-3)15-8(2)14-7)12(17)16-4-5-20-9(6-16)13(18)19/h9H,4-6H2,1-3H3,(H,18,19). The molecule has 1 aliphatic heterocycles. The fourth-order valence-corrected chi connectivity index (χ4v) is 2.88. The van der Waals surface area contributed by atoms with E-state index in [0.717, 1.165) is 0 Å². The molecule has 114 valence electrons. The van der Waals surface area contributed by atoms with Crippen LogP contribution in [0, 0.1) is 13.8 Å². The highest BCUT2D eigenvalue weighted by Gasteiger charge is 2.31. The van der Waals surface area contributed by atoms with E-state index in [2.05, 4.69) is 9.97 Å². The predicted molar refractivity (Wildman–Crippen MR) is 76.6 cm³/mol. The molecule has 8 heteroatoms. The summed E-state index contributed by atoms with van der Waals surface area (Å²) in [7, 11) is 0. The van der Waals surface area contributed by atoms with Crippen LogP contribution in [0.25, 0.3) is 0 Å². The van der Waals surface area contributed by atoms with E-state index in [4.69, 9.17) is 9.84 Å². The molecule has 21 heavy (non-hydrogen) atoms. The van der Waals surface area contributed by atoms with Crippen LogP contribution in [-0.4, -0.2) is 63.9 Å². The number of aryl methyl sites for hydroxylation is 2. The molecule has 0 radical (unpaired) electrons. The van der Waals surface area contributed by atoms with Crippen LogP contribution in [-0.2, 0) is 9.53 Å². The molecule has 1 unspecified atom stereocenters. The zero-order chi connectivity index (χ0) is 15.6. The number of aromatic nitrogens is 2. The molecule has 0 aromatic carbocycles. The van der Waals surface area contributed by atoms with Crippen molar-refractivity contribution in [1.82, 2.24) is 14.9 Å². The van der Waals surface area contributed by atoms with Crippen molar-refractivity contribution in [2.24, 2.45) is 0 Å². The number of carbonyl (C=O) groups excluding carboxylic acids is 1. The lowest BCUT2D eigenvalue weighted by molar-refractivity contribution is -0.154. The first-order chi connectivity index (χ1) is 9.93. The van der Waals surface area contributed by atoms with Crippen molar-refractivity contribution in [3.8, 4) is 0 Å². The molecule has 1 amide bonds. The number of carboxylic acid groups (broad SMARTS) is 1. The summed E-state index contributed by atoms with van der Waals surface area (Å²) in [6.45, 7) is 4.15. The van der Waals surface area contributed by atoms with Gasteiger partial charge in [0.25, 0.3) is 5.91 Å². The summed E-state index contributed by atoms with van der Waals surface area (Å²) in [5, 5.41) is 9.62. The number of hydrogen-bond donors (Lipinski definition) is 1. The Kier molecular flexibility index (Phi) is 4.79. The molecule has 1 aromatic rings. The van der Waals surface area contributed by atoms with Crippen molar-refractivity contribution in [3.63, 3.8) is 0 Å². The maximum absolute atomic E-state index is 12.7. The Morgan fingerprint density at radius 3 is 2.71 bits per heavy atom. The highest BCUT2D eigenvalue weighted by atomic mass is 32.2. The van der Waals surface area contributed by atoms with E-state index in [1.807, 2.05) is 6.26 Å². The second-order valence-electron chi connectivity index (χ2n) is 4.69. The first kappa shape index (κ1) is 15.7. The Hall–Kier alpha value is -1.67. The second kappa shape index (κ2) is 6.40. The number of nitrogens with zero attached hydrogens (tertiary/aromatic N) is 3. The van der Waals surface area contributed by atoms with E-state index < -0.39 is 12.1 Å². The maximum atomic E-state index is 12.7. The number of hydrogen-bond acceptors (Lipinski definition) is 6. The van der Waals surface area contributed by atoms with Gasteiger partial charge in [-0.1, -0.05) is 0 Å². The topological polar surface area (TPSA) is 92.6 Å². The van der Waals surface area contributed by atoms with Crippen LogP contribution in [0.3, 0.4) is 0 Å². The van der Waals surface area contributed by atoms with Gasteiger partial charge in [-0.2, -0.15) is 0 Å². The molecule has 1 aromatic heterocycles. The lowest BCUT2D eigenvalue weighted by Crippen LogP contribution is -2.48. The molecule has 0 spiro atoms. The number of amides is 1. The third-order valence-electron chi connectivity index (χ3n) is 3.20. The number of thioether (sulfide) groups is 1.